The van der Waals surface area contributed by atoms with Crippen molar-refractivity contribution >= 4 is 12.0 Å². The summed E-state index contributed by atoms with van der Waals surface area (Å²) in [7, 11) is 2.89. The maximum Gasteiger partial charge on any atom is 0.407 e. The first kappa shape index (κ1) is 12.0. The second kappa shape index (κ2) is 5.75. The van der Waals surface area contributed by atoms with Crippen molar-refractivity contribution < 1.29 is 14.3 Å². The fourth-order valence-electron chi connectivity index (χ4n) is 1.16. The van der Waals surface area contributed by atoms with Crippen molar-refractivity contribution in [3.63, 3.8) is 0 Å². The molecule has 1 aromatic carbocycles. The van der Waals surface area contributed by atoms with E-state index in [-0.39, 0.29) is 5.91 Å². The van der Waals surface area contributed by atoms with Gasteiger partial charge in [-0.3, -0.25) is 4.79 Å². The van der Waals surface area contributed by atoms with E-state index < -0.39 is 6.09 Å². The minimum Gasteiger partial charge on any atom is -0.453 e. The van der Waals surface area contributed by atoms with Gasteiger partial charge < -0.3 is 15.4 Å². The van der Waals surface area contributed by atoms with Crippen LogP contribution in [0.5, 0.6) is 0 Å². The Morgan fingerprint density at radius 1 is 1.25 bits per heavy atom. The molecule has 2 amide bonds. The zero-order valence-corrected chi connectivity index (χ0v) is 9.24. The molecule has 0 spiro atoms. The van der Waals surface area contributed by atoms with Crippen LogP contribution in [0.3, 0.4) is 0 Å². The lowest BCUT2D eigenvalue weighted by molar-refractivity contribution is 0.0963. The highest BCUT2D eigenvalue weighted by atomic mass is 16.5. The molecule has 0 bridgehead atoms. The van der Waals surface area contributed by atoms with Crippen molar-refractivity contribution in [1.29, 1.82) is 0 Å². The van der Waals surface area contributed by atoms with E-state index in [9.17, 15) is 9.59 Å². The highest BCUT2D eigenvalue weighted by Crippen LogP contribution is 2.04. The fraction of sp³-hybridized carbons (Fsp3) is 0.273. The van der Waals surface area contributed by atoms with E-state index in [1.807, 2.05) is 0 Å². The lowest BCUT2D eigenvalue weighted by Gasteiger charge is -2.04. The zero-order valence-electron chi connectivity index (χ0n) is 9.24. The van der Waals surface area contributed by atoms with Crippen LogP contribution in [0.1, 0.15) is 15.9 Å². The lowest BCUT2D eigenvalue weighted by atomic mass is 10.1. The van der Waals surface area contributed by atoms with Crippen molar-refractivity contribution in [3.05, 3.63) is 35.4 Å². The van der Waals surface area contributed by atoms with E-state index in [4.69, 9.17) is 0 Å². The van der Waals surface area contributed by atoms with Gasteiger partial charge in [0.05, 0.1) is 7.11 Å². The second-order valence-corrected chi connectivity index (χ2v) is 3.12. The SMILES string of the molecule is CNC(=O)c1ccc(CNC(=O)OC)cc1. The Morgan fingerprint density at radius 2 is 1.88 bits per heavy atom. The van der Waals surface area contributed by atoms with Gasteiger partial charge in [0, 0.05) is 19.2 Å². The van der Waals surface area contributed by atoms with Gasteiger partial charge in [0.15, 0.2) is 0 Å². The van der Waals surface area contributed by atoms with E-state index in [1.165, 1.54) is 7.11 Å². The van der Waals surface area contributed by atoms with E-state index in [0.29, 0.717) is 12.1 Å². The third-order valence-electron chi connectivity index (χ3n) is 2.07. The van der Waals surface area contributed by atoms with Gasteiger partial charge in [-0.2, -0.15) is 0 Å². The van der Waals surface area contributed by atoms with Gasteiger partial charge in [-0.05, 0) is 17.7 Å². The lowest BCUT2D eigenvalue weighted by Crippen LogP contribution is -2.22. The third kappa shape index (κ3) is 3.27. The van der Waals surface area contributed by atoms with Gasteiger partial charge in [0.25, 0.3) is 5.91 Å². The summed E-state index contributed by atoms with van der Waals surface area (Å²) in [6.45, 7) is 0.376. The topological polar surface area (TPSA) is 67.4 Å². The number of carbonyl (C=O) groups excluding carboxylic acids is 2. The van der Waals surface area contributed by atoms with Gasteiger partial charge in [-0.1, -0.05) is 12.1 Å². The van der Waals surface area contributed by atoms with Crippen LogP contribution in [0.2, 0.25) is 0 Å². The maximum absolute atomic E-state index is 11.2. The predicted octanol–water partition coefficient (Wildman–Crippen LogP) is 0.902. The Labute approximate surface area is 93.8 Å². The van der Waals surface area contributed by atoms with Gasteiger partial charge in [0.1, 0.15) is 0 Å². The molecule has 0 heterocycles. The molecule has 0 atom stereocenters. The molecular formula is C11H14N2O3. The maximum atomic E-state index is 11.2. The minimum atomic E-state index is -0.477. The molecule has 0 aliphatic heterocycles. The number of benzene rings is 1. The normalized spacial score (nSPS) is 9.38. The minimum absolute atomic E-state index is 0.132. The molecule has 1 rings (SSSR count). The first-order valence-electron chi connectivity index (χ1n) is 4.80. The van der Waals surface area contributed by atoms with Gasteiger partial charge in [-0.25, -0.2) is 4.79 Å². The molecule has 16 heavy (non-hydrogen) atoms. The number of nitrogens with one attached hydrogen (secondary N) is 2. The average molecular weight is 222 g/mol. The van der Waals surface area contributed by atoms with Crippen LogP contribution in [0.15, 0.2) is 24.3 Å². The Hall–Kier alpha value is -2.04. The van der Waals surface area contributed by atoms with Gasteiger partial charge in [0.2, 0.25) is 0 Å². The van der Waals surface area contributed by atoms with Crippen LogP contribution in [0.4, 0.5) is 4.79 Å². The number of ether oxygens (including phenoxy) is 1. The summed E-state index contributed by atoms with van der Waals surface area (Å²) in [5.41, 5.74) is 1.49. The molecule has 0 aliphatic rings. The van der Waals surface area contributed by atoms with E-state index in [0.717, 1.165) is 5.56 Å². The third-order valence-corrected chi connectivity index (χ3v) is 2.07. The first-order chi connectivity index (χ1) is 7.67. The molecular weight excluding hydrogens is 208 g/mol. The molecule has 0 saturated carbocycles. The highest BCUT2D eigenvalue weighted by molar-refractivity contribution is 5.93. The molecule has 5 nitrogen and oxygen atoms in total. The summed E-state index contributed by atoms with van der Waals surface area (Å²) in [6, 6.07) is 6.96. The van der Waals surface area contributed by atoms with Crippen LogP contribution in [0.25, 0.3) is 0 Å². The Kier molecular flexibility index (Phi) is 4.32. The highest BCUT2D eigenvalue weighted by Gasteiger charge is 2.03. The standard InChI is InChI=1S/C11H14N2O3/c1-12-10(14)9-5-3-8(4-6-9)7-13-11(15)16-2/h3-6H,7H2,1-2H3,(H,12,14)(H,13,15). The summed E-state index contributed by atoms with van der Waals surface area (Å²) in [6.07, 6.45) is -0.477. The molecule has 2 N–H and O–H groups in total. The molecule has 0 radical (unpaired) electrons. The molecule has 86 valence electrons. The van der Waals surface area contributed by atoms with Crippen LogP contribution >= 0.6 is 0 Å². The van der Waals surface area contributed by atoms with Crippen molar-refractivity contribution in [3.8, 4) is 0 Å². The van der Waals surface area contributed by atoms with E-state index >= 15 is 0 Å². The largest absolute Gasteiger partial charge is 0.453 e. The molecule has 0 aliphatic carbocycles. The van der Waals surface area contributed by atoms with Crippen molar-refractivity contribution in [2.45, 2.75) is 6.54 Å². The smallest absolute Gasteiger partial charge is 0.407 e. The predicted molar refractivity (Wildman–Crippen MR) is 59.1 cm³/mol. The average Bonchev–Trinajstić information content (AvgIpc) is 2.35. The van der Waals surface area contributed by atoms with E-state index in [1.54, 1.807) is 31.3 Å². The van der Waals surface area contributed by atoms with Crippen LogP contribution in [-0.4, -0.2) is 26.2 Å². The number of hydrogen-bond acceptors (Lipinski definition) is 3. The number of methoxy groups -OCH3 is 1. The second-order valence-electron chi connectivity index (χ2n) is 3.12. The first-order valence-corrected chi connectivity index (χ1v) is 4.80. The van der Waals surface area contributed by atoms with Crippen LogP contribution in [-0.2, 0) is 11.3 Å². The molecule has 1 aromatic rings. The van der Waals surface area contributed by atoms with Gasteiger partial charge >= 0.3 is 6.09 Å². The Bertz CT molecular complexity index is 373. The number of hydrogen-bond donors (Lipinski definition) is 2. The number of carbonyl (C=O) groups is 2. The van der Waals surface area contributed by atoms with E-state index in [2.05, 4.69) is 15.4 Å². The summed E-state index contributed by atoms with van der Waals surface area (Å²) >= 11 is 0. The zero-order chi connectivity index (χ0) is 12.0. The van der Waals surface area contributed by atoms with Gasteiger partial charge in [-0.15, -0.1) is 0 Å². The summed E-state index contributed by atoms with van der Waals surface area (Å²) in [5, 5.41) is 5.08. The number of alkyl carbamates (subject to hydrolysis) is 1. The molecule has 0 fully saturated rings. The molecule has 0 aromatic heterocycles. The summed E-state index contributed by atoms with van der Waals surface area (Å²) in [5.74, 6) is -0.132. The quantitative estimate of drug-likeness (QED) is 0.798. The van der Waals surface area contributed by atoms with Crippen molar-refractivity contribution in [2.75, 3.05) is 14.2 Å². The number of rotatable bonds is 3. The Balaban J connectivity index is 2.58. The monoisotopic (exact) mass is 222 g/mol. The summed E-state index contributed by atoms with van der Waals surface area (Å²) < 4.78 is 4.44. The van der Waals surface area contributed by atoms with Crippen LogP contribution in [0, 0.1) is 0 Å². The number of amides is 2. The summed E-state index contributed by atoms with van der Waals surface area (Å²) in [4.78, 5) is 22.0. The molecule has 0 saturated heterocycles. The Morgan fingerprint density at radius 3 is 2.38 bits per heavy atom. The molecule has 0 unspecified atom stereocenters. The fourth-order valence-corrected chi connectivity index (χ4v) is 1.16. The molecule has 5 heteroatoms. The van der Waals surface area contributed by atoms with Crippen molar-refractivity contribution in [2.24, 2.45) is 0 Å². The van der Waals surface area contributed by atoms with Crippen molar-refractivity contribution in [1.82, 2.24) is 10.6 Å². The van der Waals surface area contributed by atoms with Crippen LogP contribution < -0.4 is 10.6 Å².